The summed E-state index contributed by atoms with van der Waals surface area (Å²) in [6.07, 6.45) is -0.0222. The van der Waals surface area contributed by atoms with Crippen molar-refractivity contribution in [1.29, 1.82) is 0 Å². The largest absolute Gasteiger partial charge is 0.449 e. The topological polar surface area (TPSA) is 68.3 Å². The second-order valence-electron chi connectivity index (χ2n) is 6.94. The van der Waals surface area contributed by atoms with Crippen molar-refractivity contribution in [2.24, 2.45) is 0 Å². The fraction of sp³-hybridized carbons (Fsp3) is 0.261. The number of rotatable bonds is 6. The van der Waals surface area contributed by atoms with Crippen molar-refractivity contribution < 1.29 is 14.3 Å². The summed E-state index contributed by atoms with van der Waals surface area (Å²) in [5.74, 6) is -0.711. The van der Waals surface area contributed by atoms with Gasteiger partial charge in [0.25, 0.3) is 5.91 Å². The van der Waals surface area contributed by atoms with Gasteiger partial charge in [0.1, 0.15) is 5.15 Å². The van der Waals surface area contributed by atoms with E-state index < -0.39 is 18.0 Å². The minimum atomic E-state index is -0.974. The molecule has 0 radical (unpaired) electrons. The Balaban J connectivity index is 1.77. The molecule has 1 N–H and O–H groups in total. The second-order valence-corrected chi connectivity index (χ2v) is 7.33. The molecule has 1 heterocycles. The average molecular weight is 411 g/mol. The number of hydrogen-bond acceptors (Lipinski definition) is 4. The van der Waals surface area contributed by atoms with Crippen molar-refractivity contribution in [3.05, 3.63) is 70.9 Å². The number of nitrogens with zero attached hydrogens (tertiary/aromatic N) is 1. The lowest BCUT2D eigenvalue weighted by molar-refractivity contribution is -0.123. The first-order chi connectivity index (χ1) is 13.9. The van der Waals surface area contributed by atoms with Crippen LogP contribution in [0.1, 0.15) is 49.0 Å². The Labute approximate surface area is 175 Å². The van der Waals surface area contributed by atoms with Crippen molar-refractivity contribution >= 4 is 40.1 Å². The Bertz CT molecular complexity index is 1050. The quantitative estimate of drug-likeness (QED) is 0.425. The van der Waals surface area contributed by atoms with E-state index in [1.54, 1.807) is 25.1 Å². The van der Waals surface area contributed by atoms with Gasteiger partial charge in [-0.25, -0.2) is 9.78 Å². The molecule has 2 atom stereocenters. The van der Waals surface area contributed by atoms with Crippen LogP contribution in [0.3, 0.4) is 0 Å². The fourth-order valence-corrected chi connectivity index (χ4v) is 3.28. The Hall–Kier alpha value is -2.92. The molecule has 2 aromatic carbocycles. The van der Waals surface area contributed by atoms with Crippen LogP contribution in [-0.4, -0.2) is 23.0 Å². The van der Waals surface area contributed by atoms with E-state index in [-0.39, 0.29) is 10.7 Å². The molecule has 3 aromatic rings. The molecular weight excluding hydrogens is 388 g/mol. The first-order valence-corrected chi connectivity index (χ1v) is 9.94. The molecule has 1 aromatic heterocycles. The van der Waals surface area contributed by atoms with Crippen LogP contribution < -0.4 is 5.32 Å². The lowest BCUT2D eigenvalue weighted by Crippen LogP contribution is -2.30. The predicted octanol–water partition coefficient (Wildman–Crippen LogP) is 5.59. The van der Waals surface area contributed by atoms with Crippen LogP contribution in [0.25, 0.3) is 10.9 Å². The molecule has 150 valence electrons. The number of nitrogens with one attached hydrogen (secondary N) is 1. The molecule has 6 heteroatoms. The van der Waals surface area contributed by atoms with E-state index in [9.17, 15) is 9.59 Å². The molecular formula is C23H23ClN2O3. The van der Waals surface area contributed by atoms with Gasteiger partial charge < -0.3 is 10.1 Å². The number of para-hydroxylation sites is 2. The zero-order chi connectivity index (χ0) is 21.0. The third kappa shape index (κ3) is 4.74. The molecule has 5 nitrogen and oxygen atoms in total. The van der Waals surface area contributed by atoms with Gasteiger partial charge >= 0.3 is 5.97 Å². The number of carbonyl (C=O) groups is 2. The van der Waals surface area contributed by atoms with E-state index in [1.165, 1.54) is 6.07 Å². The van der Waals surface area contributed by atoms with Crippen molar-refractivity contribution in [3.8, 4) is 0 Å². The zero-order valence-corrected chi connectivity index (χ0v) is 17.4. The highest BCUT2D eigenvalue weighted by molar-refractivity contribution is 6.30. The van der Waals surface area contributed by atoms with Gasteiger partial charge in [0.05, 0.1) is 11.1 Å². The monoisotopic (exact) mass is 410 g/mol. The lowest BCUT2D eigenvalue weighted by Gasteiger charge is -2.18. The minimum absolute atomic E-state index is 0.190. The third-order valence-electron chi connectivity index (χ3n) is 4.92. The number of aromatic nitrogens is 1. The van der Waals surface area contributed by atoms with Gasteiger partial charge in [0.15, 0.2) is 6.10 Å². The average Bonchev–Trinajstić information content (AvgIpc) is 2.72. The number of esters is 1. The van der Waals surface area contributed by atoms with Gasteiger partial charge in [0, 0.05) is 11.1 Å². The van der Waals surface area contributed by atoms with Crippen molar-refractivity contribution in [2.45, 2.75) is 39.2 Å². The van der Waals surface area contributed by atoms with E-state index in [0.29, 0.717) is 16.8 Å². The summed E-state index contributed by atoms with van der Waals surface area (Å²) in [4.78, 5) is 29.6. The first-order valence-electron chi connectivity index (χ1n) is 9.56. The van der Waals surface area contributed by atoms with Crippen LogP contribution in [-0.2, 0) is 9.53 Å². The number of anilines is 1. The highest BCUT2D eigenvalue weighted by Crippen LogP contribution is 2.27. The summed E-state index contributed by atoms with van der Waals surface area (Å²) in [7, 11) is 0. The normalized spacial score (nSPS) is 13.0. The summed E-state index contributed by atoms with van der Waals surface area (Å²) >= 11 is 6.04. The van der Waals surface area contributed by atoms with Crippen LogP contribution in [0.5, 0.6) is 0 Å². The SMILES string of the molecule is CC[C@H](C)c1ccccc1NC(=O)[C@H](C)OC(=O)c1cc(Cl)nc2ccccc12. The van der Waals surface area contributed by atoms with Crippen LogP contribution in [0, 0.1) is 0 Å². The third-order valence-corrected chi connectivity index (χ3v) is 5.11. The summed E-state index contributed by atoms with van der Waals surface area (Å²) in [6.45, 7) is 5.74. The van der Waals surface area contributed by atoms with Crippen LogP contribution >= 0.6 is 11.6 Å². The van der Waals surface area contributed by atoms with Crippen molar-refractivity contribution in [2.75, 3.05) is 5.32 Å². The maximum atomic E-state index is 12.7. The maximum absolute atomic E-state index is 12.7. The molecule has 0 saturated carbocycles. The zero-order valence-electron chi connectivity index (χ0n) is 16.6. The van der Waals surface area contributed by atoms with Crippen LogP contribution in [0.2, 0.25) is 5.15 Å². The van der Waals surface area contributed by atoms with Gasteiger partial charge in [-0.2, -0.15) is 0 Å². The van der Waals surface area contributed by atoms with Crippen LogP contribution in [0.15, 0.2) is 54.6 Å². The molecule has 0 unspecified atom stereocenters. The summed E-state index contributed by atoms with van der Waals surface area (Å²) in [5, 5.41) is 3.69. The number of pyridine rings is 1. The molecule has 0 aliphatic rings. The fourth-order valence-electron chi connectivity index (χ4n) is 3.08. The number of ether oxygens (including phenoxy) is 1. The highest BCUT2D eigenvalue weighted by atomic mass is 35.5. The Morgan fingerprint density at radius 3 is 2.55 bits per heavy atom. The summed E-state index contributed by atoms with van der Waals surface area (Å²) in [5.41, 5.74) is 2.65. The van der Waals surface area contributed by atoms with Gasteiger partial charge in [-0.1, -0.05) is 61.8 Å². The summed E-state index contributed by atoms with van der Waals surface area (Å²) in [6, 6.07) is 16.2. The molecule has 0 saturated heterocycles. The molecule has 3 rings (SSSR count). The molecule has 1 amide bonds. The minimum Gasteiger partial charge on any atom is -0.449 e. The van der Waals surface area contributed by atoms with E-state index in [0.717, 1.165) is 17.7 Å². The highest BCUT2D eigenvalue weighted by Gasteiger charge is 2.22. The van der Waals surface area contributed by atoms with E-state index in [2.05, 4.69) is 24.1 Å². The number of halogens is 1. The van der Waals surface area contributed by atoms with Crippen LogP contribution in [0.4, 0.5) is 5.69 Å². The Morgan fingerprint density at radius 1 is 1.10 bits per heavy atom. The number of carbonyl (C=O) groups excluding carboxylic acids is 2. The number of hydrogen-bond donors (Lipinski definition) is 1. The number of fused-ring (bicyclic) bond motifs is 1. The Kier molecular flexibility index (Phi) is 6.49. The molecule has 0 fully saturated rings. The van der Waals surface area contributed by atoms with Crippen molar-refractivity contribution in [3.63, 3.8) is 0 Å². The van der Waals surface area contributed by atoms with Crippen molar-refractivity contribution in [1.82, 2.24) is 4.98 Å². The lowest BCUT2D eigenvalue weighted by atomic mass is 9.97. The van der Waals surface area contributed by atoms with Gasteiger partial charge in [-0.15, -0.1) is 0 Å². The summed E-state index contributed by atoms with van der Waals surface area (Å²) < 4.78 is 5.42. The molecule has 0 aliphatic carbocycles. The predicted molar refractivity (Wildman–Crippen MR) is 115 cm³/mol. The standard InChI is InChI=1S/C23H23ClN2O3/c1-4-14(2)16-9-5-7-11-19(16)26-22(27)15(3)29-23(28)18-13-21(24)25-20-12-8-6-10-17(18)20/h5-15H,4H2,1-3H3,(H,26,27)/t14-,15-/m0/s1. The van der Waals surface area contributed by atoms with Gasteiger partial charge in [-0.05, 0) is 43.0 Å². The molecule has 0 spiro atoms. The van der Waals surface area contributed by atoms with E-state index in [4.69, 9.17) is 16.3 Å². The number of amides is 1. The maximum Gasteiger partial charge on any atom is 0.339 e. The molecule has 29 heavy (non-hydrogen) atoms. The van der Waals surface area contributed by atoms with E-state index in [1.807, 2.05) is 30.3 Å². The van der Waals surface area contributed by atoms with Gasteiger partial charge in [-0.3, -0.25) is 4.79 Å². The Morgan fingerprint density at radius 2 is 1.79 bits per heavy atom. The smallest absolute Gasteiger partial charge is 0.339 e. The second kappa shape index (κ2) is 9.05. The van der Waals surface area contributed by atoms with E-state index >= 15 is 0 Å². The number of benzene rings is 2. The first kappa shape index (κ1) is 20.8. The van der Waals surface area contributed by atoms with Gasteiger partial charge in [0.2, 0.25) is 0 Å². The molecule has 0 aliphatic heterocycles. The molecule has 0 bridgehead atoms.